The SMILES string of the molecule is Cc1ccc(-c2cccc(-c3cccc(-c4ccccn4)n3)n2)nc1. The van der Waals surface area contributed by atoms with Gasteiger partial charge in [-0.15, -0.1) is 0 Å². The molecule has 0 N–H and O–H groups in total. The molecule has 0 radical (unpaired) electrons. The topological polar surface area (TPSA) is 51.6 Å². The van der Waals surface area contributed by atoms with Crippen LogP contribution in [0.25, 0.3) is 34.2 Å². The quantitative estimate of drug-likeness (QED) is 0.553. The number of rotatable bonds is 3. The van der Waals surface area contributed by atoms with Gasteiger partial charge in [-0.05, 0) is 55.0 Å². The van der Waals surface area contributed by atoms with Gasteiger partial charge in [-0.3, -0.25) is 9.97 Å². The minimum absolute atomic E-state index is 0.817. The van der Waals surface area contributed by atoms with Crippen LogP contribution in [0.2, 0.25) is 0 Å². The van der Waals surface area contributed by atoms with E-state index in [1.54, 1.807) is 6.20 Å². The monoisotopic (exact) mass is 324 g/mol. The van der Waals surface area contributed by atoms with Crippen molar-refractivity contribution < 1.29 is 0 Å². The molecule has 25 heavy (non-hydrogen) atoms. The summed E-state index contributed by atoms with van der Waals surface area (Å²) < 4.78 is 0. The lowest BCUT2D eigenvalue weighted by molar-refractivity contribution is 1.20. The minimum atomic E-state index is 0.817. The second kappa shape index (κ2) is 6.61. The second-order valence-corrected chi connectivity index (χ2v) is 5.75. The highest BCUT2D eigenvalue weighted by Gasteiger charge is 2.07. The molecule has 120 valence electrons. The first-order valence-corrected chi connectivity index (χ1v) is 8.08. The van der Waals surface area contributed by atoms with Crippen LogP contribution in [-0.4, -0.2) is 19.9 Å². The van der Waals surface area contributed by atoms with Gasteiger partial charge in [0.1, 0.15) is 0 Å². The number of hydrogen-bond acceptors (Lipinski definition) is 4. The van der Waals surface area contributed by atoms with Crippen LogP contribution in [0, 0.1) is 6.92 Å². The fourth-order valence-corrected chi connectivity index (χ4v) is 2.57. The molecule has 0 aliphatic rings. The van der Waals surface area contributed by atoms with Crippen LogP contribution in [-0.2, 0) is 0 Å². The average Bonchev–Trinajstić information content (AvgIpc) is 2.69. The number of nitrogens with zero attached hydrogens (tertiary/aromatic N) is 4. The van der Waals surface area contributed by atoms with Gasteiger partial charge in [0.15, 0.2) is 0 Å². The van der Waals surface area contributed by atoms with E-state index >= 15 is 0 Å². The Bertz CT molecular complexity index is 996. The molecule has 0 aliphatic carbocycles. The molecule has 0 saturated heterocycles. The van der Waals surface area contributed by atoms with Crippen LogP contribution >= 0.6 is 0 Å². The van der Waals surface area contributed by atoms with E-state index in [0.29, 0.717) is 0 Å². The van der Waals surface area contributed by atoms with Gasteiger partial charge in [0.25, 0.3) is 0 Å². The maximum absolute atomic E-state index is 4.73. The zero-order valence-electron chi connectivity index (χ0n) is 13.8. The van der Waals surface area contributed by atoms with Gasteiger partial charge >= 0.3 is 0 Å². The van der Waals surface area contributed by atoms with Crippen molar-refractivity contribution >= 4 is 0 Å². The van der Waals surface area contributed by atoms with Crippen molar-refractivity contribution in [2.75, 3.05) is 0 Å². The molecule has 4 heterocycles. The van der Waals surface area contributed by atoms with Crippen molar-refractivity contribution in [1.82, 2.24) is 19.9 Å². The summed E-state index contributed by atoms with van der Waals surface area (Å²) in [4.78, 5) is 18.3. The van der Waals surface area contributed by atoms with Crippen LogP contribution in [0.15, 0.2) is 79.1 Å². The first-order chi connectivity index (χ1) is 12.3. The molecule has 0 saturated carbocycles. The lowest BCUT2D eigenvalue weighted by atomic mass is 10.1. The summed E-state index contributed by atoms with van der Waals surface area (Å²) in [6.07, 6.45) is 3.62. The van der Waals surface area contributed by atoms with Crippen LogP contribution < -0.4 is 0 Å². The molecular weight excluding hydrogens is 308 g/mol. The number of aromatic nitrogens is 4. The highest BCUT2D eigenvalue weighted by atomic mass is 14.8. The fraction of sp³-hybridized carbons (Fsp3) is 0.0476. The Labute approximate surface area is 146 Å². The Morgan fingerprint density at radius 3 is 1.60 bits per heavy atom. The van der Waals surface area contributed by atoms with Crippen LogP contribution in [0.4, 0.5) is 0 Å². The first kappa shape index (κ1) is 15.1. The van der Waals surface area contributed by atoms with Gasteiger partial charge in [0.2, 0.25) is 0 Å². The van der Waals surface area contributed by atoms with Gasteiger partial charge in [-0.2, -0.15) is 0 Å². The maximum atomic E-state index is 4.73. The van der Waals surface area contributed by atoms with Gasteiger partial charge < -0.3 is 0 Å². The van der Waals surface area contributed by atoms with E-state index < -0.39 is 0 Å². The summed E-state index contributed by atoms with van der Waals surface area (Å²) in [5.74, 6) is 0. The molecule has 0 bridgehead atoms. The zero-order valence-corrected chi connectivity index (χ0v) is 13.8. The third kappa shape index (κ3) is 3.28. The summed E-state index contributed by atoms with van der Waals surface area (Å²) >= 11 is 0. The molecule has 0 aliphatic heterocycles. The molecule has 4 nitrogen and oxygen atoms in total. The van der Waals surface area contributed by atoms with Gasteiger partial charge in [-0.1, -0.05) is 24.3 Å². The van der Waals surface area contributed by atoms with E-state index in [-0.39, 0.29) is 0 Å². The summed E-state index contributed by atoms with van der Waals surface area (Å²) in [5, 5.41) is 0. The second-order valence-electron chi connectivity index (χ2n) is 5.75. The van der Waals surface area contributed by atoms with Crippen molar-refractivity contribution in [3.63, 3.8) is 0 Å². The van der Waals surface area contributed by atoms with Crippen LogP contribution in [0.1, 0.15) is 5.56 Å². The molecular formula is C21H16N4. The molecule has 4 rings (SSSR count). The summed E-state index contributed by atoms with van der Waals surface area (Å²) in [7, 11) is 0. The highest BCUT2D eigenvalue weighted by Crippen LogP contribution is 2.22. The molecule has 0 atom stereocenters. The molecule has 4 heteroatoms. The third-order valence-electron chi connectivity index (χ3n) is 3.86. The van der Waals surface area contributed by atoms with Gasteiger partial charge in [0, 0.05) is 12.4 Å². The lowest BCUT2D eigenvalue weighted by Gasteiger charge is -2.06. The van der Waals surface area contributed by atoms with E-state index in [0.717, 1.165) is 39.7 Å². The van der Waals surface area contributed by atoms with E-state index in [2.05, 4.69) is 9.97 Å². The Morgan fingerprint density at radius 2 is 1.08 bits per heavy atom. The lowest BCUT2D eigenvalue weighted by Crippen LogP contribution is -1.94. The van der Waals surface area contributed by atoms with Gasteiger partial charge in [-0.25, -0.2) is 9.97 Å². The fourth-order valence-electron chi connectivity index (χ4n) is 2.57. The Balaban J connectivity index is 1.73. The predicted molar refractivity (Wildman–Crippen MR) is 98.7 cm³/mol. The zero-order chi connectivity index (χ0) is 17.1. The molecule has 0 fully saturated rings. The Morgan fingerprint density at radius 1 is 0.520 bits per heavy atom. The van der Waals surface area contributed by atoms with E-state index in [1.165, 1.54) is 0 Å². The normalized spacial score (nSPS) is 10.6. The molecule has 0 unspecified atom stereocenters. The number of aryl methyl sites for hydroxylation is 1. The minimum Gasteiger partial charge on any atom is -0.255 e. The van der Waals surface area contributed by atoms with Crippen molar-refractivity contribution in [1.29, 1.82) is 0 Å². The summed E-state index contributed by atoms with van der Waals surface area (Å²) in [6.45, 7) is 2.02. The first-order valence-electron chi connectivity index (χ1n) is 8.08. The van der Waals surface area contributed by atoms with Crippen molar-refractivity contribution in [2.24, 2.45) is 0 Å². The van der Waals surface area contributed by atoms with E-state index in [1.807, 2.05) is 79.9 Å². The molecule has 0 spiro atoms. The third-order valence-corrected chi connectivity index (χ3v) is 3.86. The van der Waals surface area contributed by atoms with Gasteiger partial charge in [0.05, 0.1) is 34.2 Å². The Kier molecular flexibility index (Phi) is 4.01. The molecule has 0 aromatic carbocycles. The summed E-state index contributed by atoms with van der Waals surface area (Å²) in [6, 6.07) is 21.6. The van der Waals surface area contributed by atoms with Crippen molar-refractivity contribution in [3.05, 3.63) is 84.7 Å². The number of hydrogen-bond donors (Lipinski definition) is 0. The smallest absolute Gasteiger partial charge is 0.0894 e. The Hall–Kier alpha value is -3.40. The van der Waals surface area contributed by atoms with E-state index in [4.69, 9.17) is 9.97 Å². The largest absolute Gasteiger partial charge is 0.255 e. The van der Waals surface area contributed by atoms with Crippen LogP contribution in [0.3, 0.4) is 0 Å². The number of pyridine rings is 4. The molecule has 4 aromatic rings. The van der Waals surface area contributed by atoms with Crippen molar-refractivity contribution in [3.8, 4) is 34.2 Å². The average molecular weight is 324 g/mol. The predicted octanol–water partition coefficient (Wildman–Crippen LogP) is 4.58. The standard InChI is InChI=1S/C21H16N4/c1-15-11-12-17(23-14-15)19-8-5-10-21(25-19)20-9-4-7-18(24-20)16-6-2-3-13-22-16/h2-14H,1H3. The highest BCUT2D eigenvalue weighted by molar-refractivity contribution is 5.64. The molecule has 4 aromatic heterocycles. The maximum Gasteiger partial charge on any atom is 0.0894 e. The van der Waals surface area contributed by atoms with Crippen LogP contribution in [0.5, 0.6) is 0 Å². The van der Waals surface area contributed by atoms with Crippen molar-refractivity contribution in [2.45, 2.75) is 6.92 Å². The summed E-state index contributed by atoms with van der Waals surface area (Å²) in [5.41, 5.74) is 6.13. The van der Waals surface area contributed by atoms with E-state index in [9.17, 15) is 0 Å². The molecule has 0 amide bonds.